The molecule has 0 bridgehead atoms. The standard InChI is InChI=1S/C10H16N2/c1-8(2)9-7-10(3,11)5-4-6-12-9/h4-8H,11H2,1-3H3. The summed E-state index contributed by atoms with van der Waals surface area (Å²) in [6, 6.07) is 0. The summed E-state index contributed by atoms with van der Waals surface area (Å²) >= 11 is 0. The van der Waals surface area contributed by atoms with Crippen molar-refractivity contribution in [2.24, 2.45) is 16.6 Å². The van der Waals surface area contributed by atoms with E-state index >= 15 is 0 Å². The first-order valence-corrected chi connectivity index (χ1v) is 4.25. The zero-order chi connectivity index (χ0) is 9.19. The maximum absolute atomic E-state index is 5.96. The van der Waals surface area contributed by atoms with Gasteiger partial charge in [0.15, 0.2) is 0 Å². The molecule has 0 fully saturated rings. The van der Waals surface area contributed by atoms with Gasteiger partial charge in [0, 0.05) is 11.9 Å². The van der Waals surface area contributed by atoms with Crippen molar-refractivity contribution in [3.63, 3.8) is 0 Å². The minimum atomic E-state index is -0.351. The Labute approximate surface area is 73.9 Å². The van der Waals surface area contributed by atoms with Crippen molar-refractivity contribution in [2.45, 2.75) is 26.3 Å². The summed E-state index contributed by atoms with van der Waals surface area (Å²) in [5.74, 6) is 0.434. The monoisotopic (exact) mass is 164 g/mol. The van der Waals surface area contributed by atoms with Crippen molar-refractivity contribution in [1.82, 2.24) is 0 Å². The van der Waals surface area contributed by atoms with Gasteiger partial charge in [-0.25, -0.2) is 0 Å². The summed E-state index contributed by atoms with van der Waals surface area (Å²) in [6.07, 6.45) is 7.65. The van der Waals surface area contributed by atoms with Crippen LogP contribution in [0, 0.1) is 5.92 Å². The number of nitrogens with zero attached hydrogens (tertiary/aromatic N) is 1. The Balaban J connectivity index is 2.95. The highest BCUT2D eigenvalue weighted by Crippen LogP contribution is 2.17. The first kappa shape index (κ1) is 9.20. The highest BCUT2D eigenvalue weighted by molar-refractivity contribution is 5.73. The Morgan fingerprint density at radius 3 is 2.75 bits per heavy atom. The second kappa shape index (κ2) is 3.23. The third-order valence-electron chi connectivity index (χ3n) is 1.82. The lowest BCUT2D eigenvalue weighted by Gasteiger charge is -2.16. The molecule has 0 aromatic rings. The van der Waals surface area contributed by atoms with Crippen molar-refractivity contribution in [1.29, 1.82) is 0 Å². The van der Waals surface area contributed by atoms with Gasteiger partial charge in [0.2, 0.25) is 0 Å². The molecule has 66 valence electrons. The predicted octanol–water partition coefficient (Wildman–Crippen LogP) is 1.88. The van der Waals surface area contributed by atoms with Crippen molar-refractivity contribution in [2.75, 3.05) is 0 Å². The molecule has 1 aliphatic heterocycles. The van der Waals surface area contributed by atoms with Crippen LogP contribution in [0.25, 0.3) is 0 Å². The SMILES string of the molecule is CC(C)C1=CC(C)(N)C=CC=N1. The second-order valence-corrected chi connectivity index (χ2v) is 3.73. The fraction of sp³-hybridized carbons (Fsp3) is 0.500. The Kier molecular flexibility index (Phi) is 2.48. The van der Waals surface area contributed by atoms with Crippen LogP contribution in [0.4, 0.5) is 0 Å². The molecule has 1 heterocycles. The van der Waals surface area contributed by atoms with E-state index in [0.717, 1.165) is 5.70 Å². The summed E-state index contributed by atoms with van der Waals surface area (Å²) in [4.78, 5) is 4.29. The van der Waals surface area contributed by atoms with Gasteiger partial charge >= 0.3 is 0 Å². The van der Waals surface area contributed by atoms with Gasteiger partial charge in [0.1, 0.15) is 0 Å². The Morgan fingerprint density at radius 1 is 1.50 bits per heavy atom. The molecule has 1 aliphatic rings. The van der Waals surface area contributed by atoms with Gasteiger partial charge in [-0.1, -0.05) is 19.9 Å². The summed E-state index contributed by atoms with van der Waals surface area (Å²) in [6.45, 7) is 6.20. The van der Waals surface area contributed by atoms with Crippen LogP contribution in [0.15, 0.2) is 28.9 Å². The van der Waals surface area contributed by atoms with E-state index in [1.807, 2.05) is 25.2 Å². The van der Waals surface area contributed by atoms with Gasteiger partial charge in [-0.15, -0.1) is 0 Å². The van der Waals surface area contributed by atoms with E-state index in [1.165, 1.54) is 0 Å². The van der Waals surface area contributed by atoms with Gasteiger partial charge in [-0.3, -0.25) is 4.99 Å². The van der Waals surface area contributed by atoms with E-state index in [-0.39, 0.29) is 5.54 Å². The van der Waals surface area contributed by atoms with Crippen molar-refractivity contribution in [3.05, 3.63) is 23.9 Å². The molecule has 0 saturated heterocycles. The average Bonchev–Trinajstić information content (AvgIpc) is 2.10. The van der Waals surface area contributed by atoms with E-state index in [0.29, 0.717) is 5.92 Å². The lowest BCUT2D eigenvalue weighted by Crippen LogP contribution is -2.31. The lowest BCUT2D eigenvalue weighted by atomic mass is 9.99. The Hall–Kier alpha value is -0.890. The van der Waals surface area contributed by atoms with Crippen LogP contribution in [-0.2, 0) is 0 Å². The number of rotatable bonds is 1. The third-order valence-corrected chi connectivity index (χ3v) is 1.82. The molecule has 0 aromatic heterocycles. The first-order valence-electron chi connectivity index (χ1n) is 4.25. The largest absolute Gasteiger partial charge is 0.319 e. The summed E-state index contributed by atoms with van der Waals surface area (Å²) in [5.41, 5.74) is 6.67. The number of nitrogens with two attached hydrogens (primary N) is 1. The Bertz CT molecular complexity index is 245. The zero-order valence-electron chi connectivity index (χ0n) is 7.91. The molecule has 0 spiro atoms. The first-order chi connectivity index (χ1) is 5.51. The second-order valence-electron chi connectivity index (χ2n) is 3.73. The van der Waals surface area contributed by atoms with E-state index in [1.54, 1.807) is 6.21 Å². The average molecular weight is 164 g/mol. The van der Waals surface area contributed by atoms with E-state index in [2.05, 4.69) is 18.8 Å². The maximum Gasteiger partial charge on any atom is 0.0520 e. The molecule has 0 amide bonds. The van der Waals surface area contributed by atoms with Gasteiger partial charge in [-0.05, 0) is 25.0 Å². The van der Waals surface area contributed by atoms with Crippen molar-refractivity contribution in [3.8, 4) is 0 Å². The van der Waals surface area contributed by atoms with E-state index in [4.69, 9.17) is 5.73 Å². The molecule has 12 heavy (non-hydrogen) atoms. The minimum absolute atomic E-state index is 0.351. The number of hydrogen-bond acceptors (Lipinski definition) is 2. The highest BCUT2D eigenvalue weighted by Gasteiger charge is 2.14. The van der Waals surface area contributed by atoms with E-state index < -0.39 is 0 Å². The summed E-state index contributed by atoms with van der Waals surface area (Å²) < 4.78 is 0. The van der Waals surface area contributed by atoms with Crippen LogP contribution >= 0.6 is 0 Å². The molecule has 1 atom stereocenters. The molecule has 0 radical (unpaired) electrons. The normalized spacial score (nSPS) is 28.9. The van der Waals surface area contributed by atoms with Crippen LogP contribution < -0.4 is 5.73 Å². The van der Waals surface area contributed by atoms with E-state index in [9.17, 15) is 0 Å². The molecule has 2 N–H and O–H groups in total. The molecule has 2 heteroatoms. The molecular weight excluding hydrogens is 148 g/mol. The zero-order valence-corrected chi connectivity index (χ0v) is 7.91. The predicted molar refractivity (Wildman–Crippen MR) is 53.1 cm³/mol. The third kappa shape index (κ3) is 2.31. The molecule has 0 aromatic carbocycles. The molecule has 1 rings (SSSR count). The fourth-order valence-electron chi connectivity index (χ4n) is 1.10. The lowest BCUT2D eigenvalue weighted by molar-refractivity contribution is 0.690. The molecule has 2 nitrogen and oxygen atoms in total. The smallest absolute Gasteiger partial charge is 0.0520 e. The van der Waals surface area contributed by atoms with Crippen LogP contribution in [0.1, 0.15) is 20.8 Å². The van der Waals surface area contributed by atoms with Crippen LogP contribution in [0.5, 0.6) is 0 Å². The number of aliphatic imine (C=N–C) groups is 1. The van der Waals surface area contributed by atoms with Crippen molar-refractivity contribution >= 4 is 6.21 Å². The summed E-state index contributed by atoms with van der Waals surface area (Å²) in [5, 5.41) is 0. The topological polar surface area (TPSA) is 38.4 Å². The quantitative estimate of drug-likeness (QED) is 0.631. The van der Waals surface area contributed by atoms with Gasteiger partial charge in [0.05, 0.1) is 5.54 Å². The van der Waals surface area contributed by atoms with Crippen LogP contribution in [0.2, 0.25) is 0 Å². The van der Waals surface area contributed by atoms with Crippen LogP contribution in [-0.4, -0.2) is 11.8 Å². The summed E-state index contributed by atoms with van der Waals surface area (Å²) in [7, 11) is 0. The highest BCUT2D eigenvalue weighted by atomic mass is 14.8. The Morgan fingerprint density at radius 2 is 2.17 bits per heavy atom. The molecule has 0 saturated carbocycles. The molecular formula is C10H16N2. The number of allylic oxidation sites excluding steroid dienone is 2. The number of hydrogen-bond donors (Lipinski definition) is 1. The maximum atomic E-state index is 5.96. The van der Waals surface area contributed by atoms with Crippen molar-refractivity contribution < 1.29 is 0 Å². The van der Waals surface area contributed by atoms with Gasteiger partial charge in [-0.2, -0.15) is 0 Å². The van der Waals surface area contributed by atoms with Gasteiger partial charge in [0.25, 0.3) is 0 Å². The molecule has 1 unspecified atom stereocenters. The van der Waals surface area contributed by atoms with Crippen LogP contribution in [0.3, 0.4) is 0 Å². The fourth-order valence-corrected chi connectivity index (χ4v) is 1.10. The minimum Gasteiger partial charge on any atom is -0.319 e. The molecule has 0 aliphatic carbocycles. The van der Waals surface area contributed by atoms with Gasteiger partial charge < -0.3 is 5.73 Å².